The predicted molar refractivity (Wildman–Crippen MR) is 182 cm³/mol. The Labute approximate surface area is 273 Å². The minimum absolute atomic E-state index is 0.0538. The number of rotatable bonds is 16. The monoisotopic (exact) mass is 644 g/mol. The first-order valence-corrected chi connectivity index (χ1v) is 16.5. The topological polar surface area (TPSA) is 158 Å². The Kier molecular flexibility index (Phi) is 11.3. The molecule has 242 valence electrons. The Balaban J connectivity index is 1.00. The van der Waals surface area contributed by atoms with Crippen molar-refractivity contribution in [1.29, 1.82) is 0 Å². The number of nitrogens with zero attached hydrogens (tertiary/aromatic N) is 2. The standard InChI is InChI=1S/C33H40N8O4S/c1-3-28(42)36-22-9-6-10-23(17-22)37-31-21(2)19-35-32(41-31)38-24-11-7-12-25(18-24)45-16-8-15-34-29(43)14-5-4-13-27-30-26(20-46-27)39-33(44)40-30/h3,6-7,9-12,17-19,26-27,30H,1,4-5,8,13-16,20H2,2H3,(H,34,43)(H,36,42)(H2,39,40,44)(H2,35,37,38,41). The van der Waals surface area contributed by atoms with E-state index >= 15 is 0 Å². The smallest absolute Gasteiger partial charge is 0.315 e. The molecule has 0 radical (unpaired) electrons. The minimum atomic E-state index is -0.282. The summed E-state index contributed by atoms with van der Waals surface area (Å²) in [6, 6.07) is 15.2. The van der Waals surface area contributed by atoms with Gasteiger partial charge in [0.2, 0.25) is 17.8 Å². The quantitative estimate of drug-likeness (QED) is 0.0717. The van der Waals surface area contributed by atoms with Crippen molar-refractivity contribution < 1.29 is 19.1 Å². The number of fused-ring (bicyclic) bond motifs is 1. The number of nitrogens with one attached hydrogen (secondary N) is 6. The van der Waals surface area contributed by atoms with Crippen LogP contribution >= 0.6 is 11.8 Å². The number of ether oxygens (including phenoxy) is 1. The van der Waals surface area contributed by atoms with Gasteiger partial charge in [-0.15, -0.1) is 0 Å². The Hall–Kier alpha value is -4.78. The number of benzene rings is 2. The highest BCUT2D eigenvalue weighted by Crippen LogP contribution is 2.33. The van der Waals surface area contributed by atoms with Gasteiger partial charge < -0.3 is 36.6 Å². The van der Waals surface area contributed by atoms with E-state index in [0.717, 1.165) is 42.0 Å². The zero-order valence-electron chi connectivity index (χ0n) is 25.8. The maximum Gasteiger partial charge on any atom is 0.315 e. The SMILES string of the molecule is C=CC(=O)Nc1cccc(Nc2nc(Nc3cccc(OCCCNC(=O)CCCCC4SCC5NC(=O)NC54)c3)ncc2C)c1. The number of carbonyl (C=O) groups excluding carboxylic acids is 3. The van der Waals surface area contributed by atoms with E-state index in [1.165, 1.54) is 6.08 Å². The molecule has 46 heavy (non-hydrogen) atoms. The summed E-state index contributed by atoms with van der Waals surface area (Å²) in [5.41, 5.74) is 3.03. The maximum atomic E-state index is 12.3. The molecule has 2 aromatic carbocycles. The number of aromatic nitrogens is 2. The zero-order chi connectivity index (χ0) is 32.3. The number of thioether (sulfide) groups is 1. The number of carbonyl (C=O) groups is 3. The predicted octanol–water partition coefficient (Wildman–Crippen LogP) is 5.01. The Morgan fingerprint density at radius 1 is 1.07 bits per heavy atom. The van der Waals surface area contributed by atoms with Gasteiger partial charge in [0.25, 0.3) is 0 Å². The molecule has 0 saturated carbocycles. The molecule has 5 rings (SSSR count). The fraction of sp³-hybridized carbons (Fsp3) is 0.364. The van der Waals surface area contributed by atoms with E-state index in [4.69, 9.17) is 4.74 Å². The van der Waals surface area contributed by atoms with Crippen LogP contribution in [0.5, 0.6) is 5.75 Å². The Morgan fingerprint density at radius 3 is 2.72 bits per heavy atom. The maximum absolute atomic E-state index is 12.3. The van der Waals surface area contributed by atoms with Crippen molar-refractivity contribution in [3.05, 3.63) is 72.9 Å². The summed E-state index contributed by atoms with van der Waals surface area (Å²) in [6.07, 6.45) is 6.95. The molecule has 13 heteroatoms. The van der Waals surface area contributed by atoms with Crippen molar-refractivity contribution in [3.8, 4) is 5.75 Å². The van der Waals surface area contributed by atoms with Crippen LogP contribution in [0.1, 0.15) is 37.7 Å². The number of urea groups is 1. The normalized spacial score (nSPS) is 18.1. The highest BCUT2D eigenvalue weighted by atomic mass is 32.2. The second-order valence-corrected chi connectivity index (χ2v) is 12.5. The summed E-state index contributed by atoms with van der Waals surface area (Å²) in [7, 11) is 0. The van der Waals surface area contributed by atoms with Crippen LogP contribution in [0.4, 0.5) is 33.6 Å². The zero-order valence-corrected chi connectivity index (χ0v) is 26.6. The third-order valence-electron chi connectivity index (χ3n) is 7.63. The molecule has 0 spiro atoms. The van der Waals surface area contributed by atoms with Gasteiger partial charge in [0, 0.05) is 58.9 Å². The van der Waals surface area contributed by atoms with Gasteiger partial charge in [-0.05, 0) is 62.6 Å². The molecule has 2 fully saturated rings. The second-order valence-electron chi connectivity index (χ2n) is 11.2. The molecule has 3 atom stereocenters. The molecule has 3 unspecified atom stereocenters. The molecule has 2 aliphatic rings. The van der Waals surface area contributed by atoms with Gasteiger partial charge in [0.05, 0.1) is 18.7 Å². The van der Waals surface area contributed by atoms with Gasteiger partial charge in [0.15, 0.2) is 0 Å². The average Bonchev–Trinajstić information content (AvgIpc) is 3.60. The number of unbranched alkanes of at least 4 members (excludes halogenated alkanes) is 1. The van der Waals surface area contributed by atoms with E-state index in [1.54, 1.807) is 12.3 Å². The first kappa shape index (κ1) is 32.6. The number of amides is 4. The Morgan fingerprint density at radius 2 is 1.87 bits per heavy atom. The second kappa shape index (κ2) is 16.0. The summed E-state index contributed by atoms with van der Waals surface area (Å²) >= 11 is 1.90. The van der Waals surface area contributed by atoms with E-state index in [2.05, 4.69) is 48.4 Å². The molecular formula is C33H40N8O4S. The molecule has 4 amide bonds. The highest BCUT2D eigenvalue weighted by molar-refractivity contribution is 8.00. The minimum Gasteiger partial charge on any atom is -0.493 e. The van der Waals surface area contributed by atoms with Crippen LogP contribution in [0.15, 0.2) is 67.4 Å². The summed E-state index contributed by atoms with van der Waals surface area (Å²) in [5.74, 6) is 2.46. The lowest BCUT2D eigenvalue weighted by molar-refractivity contribution is -0.121. The number of hydrogen-bond acceptors (Lipinski definition) is 9. The van der Waals surface area contributed by atoms with Gasteiger partial charge in [-0.3, -0.25) is 9.59 Å². The summed E-state index contributed by atoms with van der Waals surface area (Å²) in [4.78, 5) is 44.5. The number of anilines is 5. The lowest BCUT2D eigenvalue weighted by Gasteiger charge is -2.16. The van der Waals surface area contributed by atoms with Crippen LogP contribution in [0.2, 0.25) is 0 Å². The molecule has 6 N–H and O–H groups in total. The largest absolute Gasteiger partial charge is 0.493 e. The van der Waals surface area contributed by atoms with Crippen LogP contribution in [0.3, 0.4) is 0 Å². The highest BCUT2D eigenvalue weighted by Gasteiger charge is 2.42. The van der Waals surface area contributed by atoms with Crippen LogP contribution in [0, 0.1) is 6.92 Å². The number of hydrogen-bond donors (Lipinski definition) is 6. The van der Waals surface area contributed by atoms with Gasteiger partial charge in [-0.25, -0.2) is 9.78 Å². The van der Waals surface area contributed by atoms with Crippen LogP contribution in [-0.2, 0) is 9.59 Å². The molecule has 2 aliphatic heterocycles. The van der Waals surface area contributed by atoms with E-state index in [-0.39, 0.29) is 29.9 Å². The summed E-state index contributed by atoms with van der Waals surface area (Å²) in [6.45, 7) is 6.40. The van der Waals surface area contributed by atoms with Gasteiger partial charge in [0.1, 0.15) is 11.6 Å². The van der Waals surface area contributed by atoms with Crippen molar-refractivity contribution in [2.45, 2.75) is 56.4 Å². The van der Waals surface area contributed by atoms with Crippen molar-refractivity contribution in [3.63, 3.8) is 0 Å². The molecule has 1 aromatic heterocycles. The molecule has 0 bridgehead atoms. The Bertz CT molecular complexity index is 1550. The lowest BCUT2D eigenvalue weighted by atomic mass is 10.0. The summed E-state index contributed by atoms with van der Waals surface area (Å²) < 4.78 is 5.91. The van der Waals surface area contributed by atoms with E-state index in [0.29, 0.717) is 54.4 Å². The fourth-order valence-corrected chi connectivity index (χ4v) is 6.82. The van der Waals surface area contributed by atoms with Crippen molar-refractivity contribution in [2.75, 3.05) is 34.9 Å². The third kappa shape index (κ3) is 9.36. The van der Waals surface area contributed by atoms with Gasteiger partial charge >= 0.3 is 6.03 Å². The van der Waals surface area contributed by atoms with Crippen molar-refractivity contribution in [2.24, 2.45) is 0 Å². The van der Waals surface area contributed by atoms with Gasteiger partial charge in [-0.1, -0.05) is 25.1 Å². The van der Waals surface area contributed by atoms with Crippen LogP contribution in [-0.4, -0.2) is 64.1 Å². The molecular weight excluding hydrogens is 604 g/mol. The fourth-order valence-electron chi connectivity index (χ4n) is 5.28. The van der Waals surface area contributed by atoms with E-state index in [1.807, 2.05) is 61.2 Å². The van der Waals surface area contributed by atoms with Crippen LogP contribution < -0.4 is 36.6 Å². The van der Waals surface area contributed by atoms with Crippen molar-refractivity contribution in [1.82, 2.24) is 25.9 Å². The first-order valence-electron chi connectivity index (χ1n) is 15.5. The first-order chi connectivity index (χ1) is 22.4. The van der Waals surface area contributed by atoms with Crippen molar-refractivity contribution >= 4 is 58.4 Å². The number of aryl methyl sites for hydroxylation is 1. The van der Waals surface area contributed by atoms with E-state index in [9.17, 15) is 14.4 Å². The molecule has 3 aromatic rings. The molecule has 2 saturated heterocycles. The van der Waals surface area contributed by atoms with Gasteiger partial charge in [-0.2, -0.15) is 16.7 Å². The third-order valence-corrected chi connectivity index (χ3v) is 9.14. The summed E-state index contributed by atoms with van der Waals surface area (Å²) in [5, 5.41) is 18.6. The average molecular weight is 645 g/mol. The van der Waals surface area contributed by atoms with Crippen LogP contribution in [0.25, 0.3) is 0 Å². The van der Waals surface area contributed by atoms with E-state index < -0.39 is 0 Å². The molecule has 0 aliphatic carbocycles. The lowest BCUT2D eigenvalue weighted by Crippen LogP contribution is -2.36. The molecule has 3 heterocycles. The molecule has 12 nitrogen and oxygen atoms in total.